The Morgan fingerprint density at radius 2 is 2.00 bits per heavy atom. The third-order valence-electron chi connectivity index (χ3n) is 5.96. The quantitative estimate of drug-likeness (QED) is 0.421. The Labute approximate surface area is 188 Å². The summed E-state index contributed by atoms with van der Waals surface area (Å²) in [6.45, 7) is 3.06. The molecule has 0 aliphatic carbocycles. The number of thiazole rings is 1. The van der Waals surface area contributed by atoms with Crippen LogP contribution < -0.4 is 5.32 Å². The SMILES string of the molecule is O=C(NCCCN1CCC(F)CC1)c1ccc2c(c1)sc1nc(-c3ccccc3F)cn12. The number of likely N-dealkylation sites (tertiary alicyclic amines) is 1. The maximum atomic E-state index is 14.1. The van der Waals surface area contributed by atoms with Gasteiger partial charge in [0, 0.05) is 37.0 Å². The summed E-state index contributed by atoms with van der Waals surface area (Å²) in [4.78, 5) is 20.2. The number of amides is 1. The maximum Gasteiger partial charge on any atom is 0.251 e. The molecule has 1 aliphatic rings. The molecule has 166 valence electrons. The number of aromatic nitrogens is 2. The van der Waals surface area contributed by atoms with E-state index in [-0.39, 0.29) is 11.7 Å². The Kier molecular flexibility index (Phi) is 5.89. The largest absolute Gasteiger partial charge is 0.352 e. The van der Waals surface area contributed by atoms with Crippen molar-refractivity contribution in [2.75, 3.05) is 26.2 Å². The van der Waals surface area contributed by atoms with E-state index in [1.54, 1.807) is 24.3 Å². The summed E-state index contributed by atoms with van der Waals surface area (Å²) in [5, 5.41) is 2.98. The second kappa shape index (κ2) is 8.96. The summed E-state index contributed by atoms with van der Waals surface area (Å²) >= 11 is 1.47. The number of alkyl halides is 1. The molecule has 5 rings (SSSR count). The average molecular weight is 455 g/mol. The molecular formula is C24H24F2N4OS. The third-order valence-corrected chi connectivity index (χ3v) is 6.98. The Bertz CT molecular complexity index is 1260. The van der Waals surface area contributed by atoms with Crippen molar-refractivity contribution in [1.82, 2.24) is 19.6 Å². The van der Waals surface area contributed by atoms with Crippen LogP contribution in [0.4, 0.5) is 8.78 Å². The lowest BCUT2D eigenvalue weighted by Gasteiger charge is -2.28. The van der Waals surface area contributed by atoms with E-state index >= 15 is 0 Å². The van der Waals surface area contributed by atoms with Crippen LogP contribution in [0.2, 0.25) is 0 Å². The van der Waals surface area contributed by atoms with Gasteiger partial charge in [0.15, 0.2) is 4.96 Å². The van der Waals surface area contributed by atoms with E-state index in [0.717, 1.165) is 41.2 Å². The number of halogens is 2. The summed E-state index contributed by atoms with van der Waals surface area (Å²) < 4.78 is 30.2. The fourth-order valence-electron chi connectivity index (χ4n) is 4.17. The number of nitrogens with one attached hydrogen (secondary N) is 1. The van der Waals surface area contributed by atoms with Gasteiger partial charge in [-0.15, -0.1) is 0 Å². The molecule has 3 heterocycles. The van der Waals surface area contributed by atoms with Crippen molar-refractivity contribution in [3.63, 3.8) is 0 Å². The fraction of sp³-hybridized carbons (Fsp3) is 0.333. The normalized spacial score (nSPS) is 15.6. The fourth-order valence-corrected chi connectivity index (χ4v) is 5.22. The molecule has 0 unspecified atom stereocenters. The van der Waals surface area contributed by atoms with Gasteiger partial charge < -0.3 is 10.2 Å². The summed E-state index contributed by atoms with van der Waals surface area (Å²) in [5.41, 5.74) is 2.61. The molecule has 0 saturated carbocycles. The lowest BCUT2D eigenvalue weighted by Crippen LogP contribution is -2.36. The Balaban J connectivity index is 1.24. The predicted molar refractivity (Wildman–Crippen MR) is 123 cm³/mol. The van der Waals surface area contributed by atoms with Crippen molar-refractivity contribution >= 4 is 32.4 Å². The van der Waals surface area contributed by atoms with Crippen molar-refractivity contribution in [2.45, 2.75) is 25.4 Å². The molecular weight excluding hydrogens is 430 g/mol. The number of fused-ring (bicyclic) bond motifs is 3. The molecule has 0 radical (unpaired) electrons. The Morgan fingerprint density at radius 3 is 2.81 bits per heavy atom. The topological polar surface area (TPSA) is 49.6 Å². The van der Waals surface area contributed by atoms with Gasteiger partial charge in [-0.2, -0.15) is 0 Å². The molecule has 1 saturated heterocycles. The molecule has 4 aromatic rings. The molecule has 2 aromatic heterocycles. The number of piperidine rings is 1. The van der Waals surface area contributed by atoms with Crippen molar-refractivity contribution in [2.24, 2.45) is 0 Å². The highest BCUT2D eigenvalue weighted by Gasteiger charge is 2.18. The molecule has 1 N–H and O–H groups in total. The third kappa shape index (κ3) is 4.25. The molecule has 0 spiro atoms. The van der Waals surface area contributed by atoms with E-state index in [2.05, 4.69) is 15.2 Å². The smallest absolute Gasteiger partial charge is 0.251 e. The van der Waals surface area contributed by atoms with Gasteiger partial charge in [-0.05, 0) is 56.1 Å². The zero-order valence-corrected chi connectivity index (χ0v) is 18.4. The second-order valence-corrected chi connectivity index (χ2v) is 9.18. The second-order valence-electron chi connectivity index (χ2n) is 8.17. The molecule has 1 fully saturated rings. The van der Waals surface area contributed by atoms with Crippen LogP contribution in [-0.4, -0.2) is 52.5 Å². The van der Waals surface area contributed by atoms with Crippen LogP contribution in [0.25, 0.3) is 26.4 Å². The van der Waals surface area contributed by atoms with Crippen LogP contribution in [0, 0.1) is 5.82 Å². The van der Waals surface area contributed by atoms with E-state index in [1.807, 2.05) is 22.7 Å². The number of imidazole rings is 1. The van der Waals surface area contributed by atoms with Crippen molar-refractivity contribution in [3.05, 3.63) is 60.0 Å². The highest BCUT2D eigenvalue weighted by Crippen LogP contribution is 2.31. The monoisotopic (exact) mass is 454 g/mol. The number of rotatable bonds is 6. The average Bonchev–Trinajstić information content (AvgIpc) is 3.35. The number of carbonyl (C=O) groups is 1. The predicted octanol–water partition coefficient (Wildman–Crippen LogP) is 4.91. The molecule has 32 heavy (non-hydrogen) atoms. The minimum absolute atomic E-state index is 0.104. The first-order valence-electron chi connectivity index (χ1n) is 10.9. The lowest BCUT2D eigenvalue weighted by atomic mass is 10.1. The van der Waals surface area contributed by atoms with Crippen LogP contribution in [-0.2, 0) is 0 Å². The number of nitrogens with zero attached hydrogens (tertiary/aromatic N) is 3. The van der Waals surface area contributed by atoms with Crippen LogP contribution >= 0.6 is 11.3 Å². The summed E-state index contributed by atoms with van der Waals surface area (Å²) in [6.07, 6.45) is 3.23. The van der Waals surface area contributed by atoms with Gasteiger partial charge in [0.05, 0.1) is 15.9 Å². The van der Waals surface area contributed by atoms with Gasteiger partial charge in [-0.25, -0.2) is 13.8 Å². The van der Waals surface area contributed by atoms with Gasteiger partial charge >= 0.3 is 0 Å². The highest BCUT2D eigenvalue weighted by atomic mass is 32.1. The molecule has 0 atom stereocenters. The van der Waals surface area contributed by atoms with Crippen molar-refractivity contribution in [1.29, 1.82) is 0 Å². The van der Waals surface area contributed by atoms with Gasteiger partial charge in [0.1, 0.15) is 12.0 Å². The van der Waals surface area contributed by atoms with Crippen LogP contribution in [0.5, 0.6) is 0 Å². The molecule has 1 amide bonds. The number of benzene rings is 2. The minimum atomic E-state index is -0.660. The Morgan fingerprint density at radius 1 is 1.19 bits per heavy atom. The number of hydrogen-bond donors (Lipinski definition) is 1. The van der Waals surface area contributed by atoms with E-state index < -0.39 is 6.17 Å². The van der Waals surface area contributed by atoms with Crippen molar-refractivity contribution < 1.29 is 13.6 Å². The van der Waals surface area contributed by atoms with Gasteiger partial charge in [-0.1, -0.05) is 23.5 Å². The molecule has 5 nitrogen and oxygen atoms in total. The Hall–Kier alpha value is -2.84. The van der Waals surface area contributed by atoms with Crippen LogP contribution in [0.3, 0.4) is 0 Å². The number of hydrogen-bond acceptors (Lipinski definition) is 4. The standard InChI is InChI=1S/C24H24F2N4OS/c25-17-8-12-29(13-9-17)11-3-10-27-23(31)16-6-7-21-22(14-16)32-24-28-20(15-30(21)24)18-4-1-2-5-19(18)26/h1-2,4-7,14-15,17H,3,8-13H2,(H,27,31). The maximum absolute atomic E-state index is 14.1. The minimum Gasteiger partial charge on any atom is -0.352 e. The van der Waals surface area contributed by atoms with Gasteiger partial charge in [-0.3, -0.25) is 9.20 Å². The first-order chi connectivity index (χ1) is 15.6. The summed E-state index contributed by atoms with van der Waals surface area (Å²) in [5.74, 6) is -0.402. The first-order valence-corrected chi connectivity index (χ1v) is 11.7. The molecule has 8 heteroatoms. The van der Waals surface area contributed by atoms with Crippen molar-refractivity contribution in [3.8, 4) is 11.3 Å². The van der Waals surface area contributed by atoms with Gasteiger partial charge in [0.2, 0.25) is 0 Å². The van der Waals surface area contributed by atoms with Crippen LogP contribution in [0.1, 0.15) is 29.6 Å². The van der Waals surface area contributed by atoms with E-state index in [9.17, 15) is 13.6 Å². The lowest BCUT2D eigenvalue weighted by molar-refractivity contribution is 0.0950. The summed E-state index contributed by atoms with van der Waals surface area (Å²) in [6, 6.07) is 12.2. The molecule has 0 bridgehead atoms. The molecule has 2 aromatic carbocycles. The van der Waals surface area contributed by atoms with E-state index in [1.165, 1.54) is 17.4 Å². The van der Waals surface area contributed by atoms with Crippen LogP contribution in [0.15, 0.2) is 48.7 Å². The molecule has 1 aliphatic heterocycles. The summed E-state index contributed by atoms with van der Waals surface area (Å²) in [7, 11) is 0. The first kappa shape index (κ1) is 21.0. The number of carbonyl (C=O) groups excluding carboxylic acids is 1. The zero-order valence-electron chi connectivity index (χ0n) is 17.6. The highest BCUT2D eigenvalue weighted by molar-refractivity contribution is 7.23. The van der Waals surface area contributed by atoms with Gasteiger partial charge in [0.25, 0.3) is 5.91 Å². The van der Waals surface area contributed by atoms with E-state index in [0.29, 0.717) is 36.2 Å². The van der Waals surface area contributed by atoms with E-state index in [4.69, 9.17) is 0 Å². The zero-order chi connectivity index (χ0) is 22.1.